The summed E-state index contributed by atoms with van der Waals surface area (Å²) in [6, 6.07) is 0. The summed E-state index contributed by atoms with van der Waals surface area (Å²) >= 11 is 0. The van der Waals surface area contributed by atoms with E-state index in [0.29, 0.717) is 0 Å². The first-order chi connectivity index (χ1) is 8.68. The van der Waals surface area contributed by atoms with Crippen molar-refractivity contribution in [3.63, 3.8) is 0 Å². The Balaban J connectivity index is 2.35. The highest BCUT2D eigenvalue weighted by Crippen LogP contribution is 2.63. The largest absolute Gasteiger partial charge is 0.392 e. The van der Waals surface area contributed by atoms with E-state index < -0.39 is 28.5 Å². The lowest BCUT2D eigenvalue weighted by atomic mass is 9.42. The number of hydrogen-bond acceptors (Lipinski definition) is 4. The summed E-state index contributed by atoms with van der Waals surface area (Å²) in [5.74, 6) is -1.17. The molecule has 4 nitrogen and oxygen atoms in total. The number of hydrogen-bond donors (Lipinski definition) is 2. The summed E-state index contributed by atoms with van der Waals surface area (Å²) in [6.45, 7) is 5.23. The fourth-order valence-electron chi connectivity index (χ4n) is 4.10. The first-order valence-electron chi connectivity index (χ1n) is 6.57. The van der Waals surface area contributed by atoms with E-state index in [1.165, 1.54) is 12.2 Å². The lowest BCUT2D eigenvalue weighted by Gasteiger charge is -2.61. The van der Waals surface area contributed by atoms with Gasteiger partial charge in [-0.05, 0) is 31.1 Å². The van der Waals surface area contributed by atoms with Crippen molar-refractivity contribution in [2.45, 2.75) is 38.9 Å². The van der Waals surface area contributed by atoms with Crippen LogP contribution in [0.15, 0.2) is 23.8 Å². The molecular weight excluding hydrogens is 244 g/mol. The van der Waals surface area contributed by atoms with Crippen LogP contribution in [0, 0.1) is 16.7 Å². The van der Waals surface area contributed by atoms with E-state index in [1.54, 1.807) is 19.9 Å². The molecule has 5 atom stereocenters. The summed E-state index contributed by atoms with van der Waals surface area (Å²) < 4.78 is 0. The highest BCUT2D eigenvalue weighted by Gasteiger charge is 2.69. The molecule has 0 amide bonds. The Hall–Kier alpha value is -1.26. The minimum Gasteiger partial charge on any atom is -0.392 e. The van der Waals surface area contributed by atoms with Crippen molar-refractivity contribution in [1.29, 1.82) is 0 Å². The molecule has 19 heavy (non-hydrogen) atoms. The van der Waals surface area contributed by atoms with Gasteiger partial charge in [0.15, 0.2) is 11.6 Å². The summed E-state index contributed by atoms with van der Waals surface area (Å²) in [4.78, 5) is 24.5. The van der Waals surface area contributed by atoms with E-state index >= 15 is 0 Å². The van der Waals surface area contributed by atoms with Crippen molar-refractivity contribution in [2.75, 3.05) is 0 Å². The van der Waals surface area contributed by atoms with Gasteiger partial charge in [0.2, 0.25) is 0 Å². The van der Waals surface area contributed by atoms with Gasteiger partial charge in [-0.2, -0.15) is 0 Å². The molecule has 0 radical (unpaired) electrons. The molecule has 3 rings (SSSR count). The summed E-state index contributed by atoms with van der Waals surface area (Å²) in [6.07, 6.45) is 3.67. The zero-order valence-corrected chi connectivity index (χ0v) is 11.3. The van der Waals surface area contributed by atoms with Crippen LogP contribution in [0.25, 0.3) is 0 Å². The van der Waals surface area contributed by atoms with Gasteiger partial charge in [-0.1, -0.05) is 19.9 Å². The van der Waals surface area contributed by atoms with Gasteiger partial charge in [0.25, 0.3) is 0 Å². The third-order valence-electron chi connectivity index (χ3n) is 5.86. The number of fused-ring (bicyclic) bond motifs is 1. The molecule has 1 saturated carbocycles. The van der Waals surface area contributed by atoms with Crippen LogP contribution in [0.1, 0.15) is 27.2 Å². The third-order valence-corrected chi connectivity index (χ3v) is 5.86. The van der Waals surface area contributed by atoms with Crippen LogP contribution in [0.5, 0.6) is 0 Å². The number of carbonyl (C=O) groups excluding carboxylic acids is 2. The first-order valence-corrected chi connectivity index (χ1v) is 6.57. The Bertz CT molecular complexity index is 560. The molecule has 4 unspecified atom stereocenters. The normalized spacial score (nSPS) is 52.2. The maximum atomic E-state index is 12.3. The van der Waals surface area contributed by atoms with E-state index in [2.05, 4.69) is 0 Å². The van der Waals surface area contributed by atoms with Gasteiger partial charge >= 0.3 is 0 Å². The van der Waals surface area contributed by atoms with Crippen LogP contribution in [-0.2, 0) is 9.59 Å². The van der Waals surface area contributed by atoms with Crippen molar-refractivity contribution >= 4 is 11.6 Å². The molecule has 3 aliphatic carbocycles. The molecule has 102 valence electrons. The minimum atomic E-state index is -1.57. The topological polar surface area (TPSA) is 74.6 Å². The van der Waals surface area contributed by atoms with Gasteiger partial charge in [-0.25, -0.2) is 0 Å². The Morgan fingerprint density at radius 3 is 2.47 bits per heavy atom. The van der Waals surface area contributed by atoms with Crippen LogP contribution in [-0.4, -0.2) is 33.5 Å². The van der Waals surface area contributed by atoms with E-state index in [-0.39, 0.29) is 18.0 Å². The van der Waals surface area contributed by atoms with Gasteiger partial charge in [-0.3, -0.25) is 9.59 Å². The van der Waals surface area contributed by atoms with Gasteiger partial charge in [-0.15, -0.1) is 0 Å². The smallest absolute Gasteiger partial charge is 0.187 e. The van der Waals surface area contributed by atoms with Crippen LogP contribution in [0.4, 0.5) is 0 Å². The average Bonchev–Trinajstić information content (AvgIpc) is 2.35. The van der Waals surface area contributed by atoms with E-state index in [1.807, 2.05) is 6.92 Å². The van der Waals surface area contributed by atoms with Crippen LogP contribution < -0.4 is 0 Å². The first kappa shape index (κ1) is 12.8. The molecule has 0 aromatic carbocycles. The Labute approximate surface area is 111 Å². The SMILES string of the molecule is CC1C(O)C2(C)C(=O)C=CC3=CC(=O)[C@@]1(O)CC32C. The molecule has 0 aromatic rings. The summed E-state index contributed by atoms with van der Waals surface area (Å²) in [5.41, 5.74) is -2.52. The molecule has 1 fully saturated rings. The van der Waals surface area contributed by atoms with E-state index in [4.69, 9.17) is 0 Å². The van der Waals surface area contributed by atoms with Crippen molar-refractivity contribution in [3.05, 3.63) is 23.8 Å². The number of rotatable bonds is 0. The van der Waals surface area contributed by atoms with Gasteiger partial charge < -0.3 is 10.2 Å². The average molecular weight is 262 g/mol. The molecule has 2 N–H and O–H groups in total. The Morgan fingerprint density at radius 1 is 1.21 bits per heavy atom. The zero-order valence-electron chi connectivity index (χ0n) is 11.3. The quantitative estimate of drug-likeness (QED) is 0.676. The van der Waals surface area contributed by atoms with Crippen molar-refractivity contribution in [1.82, 2.24) is 0 Å². The van der Waals surface area contributed by atoms with E-state index in [0.717, 1.165) is 5.57 Å². The Morgan fingerprint density at radius 2 is 1.84 bits per heavy atom. The molecular formula is C15H18O4. The molecule has 4 heteroatoms. The maximum Gasteiger partial charge on any atom is 0.187 e. The fraction of sp³-hybridized carbons (Fsp3) is 0.600. The molecule has 0 saturated heterocycles. The lowest BCUT2D eigenvalue weighted by molar-refractivity contribution is -0.202. The number of aliphatic hydroxyl groups is 2. The van der Waals surface area contributed by atoms with Crippen molar-refractivity contribution < 1.29 is 19.8 Å². The lowest BCUT2D eigenvalue weighted by Crippen LogP contribution is -2.70. The second-order valence-corrected chi connectivity index (χ2v) is 6.53. The number of aliphatic hydroxyl groups excluding tert-OH is 1. The number of allylic oxidation sites excluding steroid dienone is 3. The molecule has 3 aliphatic rings. The predicted octanol–water partition coefficient (Wildman–Crippen LogP) is 0.779. The van der Waals surface area contributed by atoms with Gasteiger partial charge in [0.1, 0.15) is 5.60 Å². The summed E-state index contributed by atoms with van der Waals surface area (Å²) in [5, 5.41) is 21.2. The number of ketones is 2. The third kappa shape index (κ3) is 1.13. The second kappa shape index (κ2) is 3.25. The second-order valence-electron chi connectivity index (χ2n) is 6.53. The molecule has 0 spiro atoms. The minimum absolute atomic E-state index is 0.136. The summed E-state index contributed by atoms with van der Waals surface area (Å²) in [7, 11) is 0. The maximum absolute atomic E-state index is 12.3. The van der Waals surface area contributed by atoms with Crippen LogP contribution in [0.2, 0.25) is 0 Å². The molecule has 2 bridgehead atoms. The van der Waals surface area contributed by atoms with Gasteiger partial charge in [0, 0.05) is 11.3 Å². The predicted molar refractivity (Wildman–Crippen MR) is 68.2 cm³/mol. The van der Waals surface area contributed by atoms with Crippen LogP contribution >= 0.6 is 0 Å². The van der Waals surface area contributed by atoms with Gasteiger partial charge in [0.05, 0.1) is 11.5 Å². The monoisotopic (exact) mass is 262 g/mol. The molecule has 0 aromatic heterocycles. The van der Waals surface area contributed by atoms with Crippen molar-refractivity contribution in [3.8, 4) is 0 Å². The van der Waals surface area contributed by atoms with Crippen molar-refractivity contribution in [2.24, 2.45) is 16.7 Å². The highest BCUT2D eigenvalue weighted by molar-refractivity contribution is 6.05. The van der Waals surface area contributed by atoms with E-state index in [9.17, 15) is 19.8 Å². The molecule has 0 heterocycles. The highest BCUT2D eigenvalue weighted by atomic mass is 16.3. The molecule has 0 aliphatic heterocycles. The standard InChI is InChI=1S/C15H18O4/c1-8-12(18)14(3)10(16)5-4-9-6-11(17)15(8,19)7-13(9,14)2/h4-6,8,12,18-19H,7H2,1-3H3/t8?,12?,13?,14?,15-/m1/s1. The number of carbonyl (C=O) groups is 2. The zero-order chi connectivity index (χ0) is 14.2. The Kier molecular flexibility index (Phi) is 2.18. The van der Waals surface area contributed by atoms with Crippen LogP contribution in [0.3, 0.4) is 0 Å². The fourth-order valence-corrected chi connectivity index (χ4v) is 4.10.